The smallest absolute Gasteiger partial charge is 0.247 e. The first-order chi connectivity index (χ1) is 17.2. The molecule has 1 N–H and O–H groups in total. The number of amides is 3. The van der Waals surface area contributed by atoms with Crippen molar-refractivity contribution < 1.29 is 14.4 Å². The van der Waals surface area contributed by atoms with E-state index in [0.29, 0.717) is 45.8 Å². The van der Waals surface area contributed by atoms with E-state index in [9.17, 15) is 14.4 Å². The first kappa shape index (κ1) is 26.6. The van der Waals surface area contributed by atoms with Crippen molar-refractivity contribution in [2.75, 3.05) is 57.4 Å². The van der Waals surface area contributed by atoms with Gasteiger partial charge in [-0.05, 0) is 46.4 Å². The fourth-order valence-electron chi connectivity index (χ4n) is 6.00. The highest BCUT2D eigenvalue weighted by atomic mass is 16.2. The first-order valence-corrected chi connectivity index (χ1v) is 13.4. The standard InChI is InChI=1S/C27H42N6O3/c1-6-29-16-22(25-23(17-29)27(36)33(28-25)21-10-8-7-9-11-21)26(35)31-14-12-30(13-15-31)18-24(34)32(19(2)3)20(4)5/h7-11,19-20,22-23,25,28H,6,12-18H2,1-5H3. The number of piperazine rings is 1. The molecule has 3 aliphatic heterocycles. The second-order valence-corrected chi connectivity index (χ2v) is 10.8. The van der Waals surface area contributed by atoms with E-state index in [1.807, 2.05) is 67.8 Å². The summed E-state index contributed by atoms with van der Waals surface area (Å²) < 4.78 is 0. The van der Waals surface area contributed by atoms with Gasteiger partial charge >= 0.3 is 0 Å². The lowest BCUT2D eigenvalue weighted by Gasteiger charge is -2.42. The number of piperidine rings is 1. The van der Waals surface area contributed by atoms with Gasteiger partial charge in [0.05, 0.1) is 30.1 Å². The molecule has 3 unspecified atom stereocenters. The van der Waals surface area contributed by atoms with Crippen molar-refractivity contribution in [3.05, 3.63) is 30.3 Å². The number of nitrogens with one attached hydrogen (secondary N) is 1. The third-order valence-electron chi connectivity index (χ3n) is 7.81. The number of anilines is 1. The number of nitrogens with zero attached hydrogens (tertiary/aromatic N) is 5. The van der Waals surface area contributed by atoms with E-state index in [1.165, 1.54) is 0 Å². The number of hydrazine groups is 1. The van der Waals surface area contributed by atoms with Crippen molar-refractivity contribution in [3.63, 3.8) is 0 Å². The minimum Gasteiger partial charge on any atom is -0.340 e. The summed E-state index contributed by atoms with van der Waals surface area (Å²) >= 11 is 0. The molecule has 0 aromatic heterocycles. The lowest BCUT2D eigenvalue weighted by molar-refractivity contribution is -0.142. The Kier molecular flexibility index (Phi) is 8.32. The predicted octanol–water partition coefficient (Wildman–Crippen LogP) is 1.26. The molecular weight excluding hydrogens is 456 g/mol. The Hall–Kier alpha value is -2.49. The molecule has 1 aromatic carbocycles. The van der Waals surface area contributed by atoms with Crippen LogP contribution in [0, 0.1) is 11.8 Å². The molecule has 3 aliphatic rings. The van der Waals surface area contributed by atoms with Gasteiger partial charge in [0.1, 0.15) is 0 Å². The van der Waals surface area contributed by atoms with Gasteiger partial charge in [-0.1, -0.05) is 25.1 Å². The third kappa shape index (κ3) is 5.43. The van der Waals surface area contributed by atoms with Gasteiger partial charge in [-0.25, -0.2) is 10.4 Å². The normalized spacial score (nSPS) is 25.5. The Balaban J connectivity index is 1.40. The molecule has 3 saturated heterocycles. The van der Waals surface area contributed by atoms with E-state index in [4.69, 9.17) is 0 Å². The fraction of sp³-hybridized carbons (Fsp3) is 0.667. The van der Waals surface area contributed by atoms with Gasteiger partial charge in [0.25, 0.3) is 0 Å². The van der Waals surface area contributed by atoms with E-state index in [1.54, 1.807) is 5.01 Å². The van der Waals surface area contributed by atoms with Crippen molar-refractivity contribution in [2.45, 2.75) is 52.7 Å². The Morgan fingerprint density at radius 3 is 2.19 bits per heavy atom. The Morgan fingerprint density at radius 2 is 1.61 bits per heavy atom. The summed E-state index contributed by atoms with van der Waals surface area (Å²) in [5.41, 5.74) is 4.20. The number of carbonyl (C=O) groups excluding carboxylic acids is 3. The van der Waals surface area contributed by atoms with E-state index >= 15 is 0 Å². The van der Waals surface area contributed by atoms with Gasteiger partial charge in [0, 0.05) is 51.4 Å². The zero-order chi connectivity index (χ0) is 26.0. The maximum Gasteiger partial charge on any atom is 0.247 e. The number of hydrogen-bond donors (Lipinski definition) is 1. The summed E-state index contributed by atoms with van der Waals surface area (Å²) in [6.07, 6.45) is 0. The third-order valence-corrected chi connectivity index (χ3v) is 7.81. The van der Waals surface area contributed by atoms with Crippen LogP contribution in [0.1, 0.15) is 34.6 Å². The summed E-state index contributed by atoms with van der Waals surface area (Å²) in [4.78, 5) is 48.2. The molecule has 0 radical (unpaired) electrons. The number of likely N-dealkylation sites (tertiary alicyclic amines) is 1. The molecule has 0 saturated carbocycles. The summed E-state index contributed by atoms with van der Waals surface area (Å²) in [5, 5.41) is 1.63. The quantitative estimate of drug-likeness (QED) is 0.610. The zero-order valence-corrected chi connectivity index (χ0v) is 22.4. The number of fused-ring (bicyclic) bond motifs is 1. The Morgan fingerprint density at radius 1 is 0.972 bits per heavy atom. The van der Waals surface area contributed by atoms with Crippen molar-refractivity contribution in [3.8, 4) is 0 Å². The summed E-state index contributed by atoms with van der Waals surface area (Å²) in [7, 11) is 0. The minimum atomic E-state index is -0.285. The molecule has 198 valence electrons. The minimum absolute atomic E-state index is 0.0327. The summed E-state index contributed by atoms with van der Waals surface area (Å²) in [6.45, 7) is 15.4. The van der Waals surface area contributed by atoms with Crippen molar-refractivity contribution >= 4 is 23.4 Å². The number of para-hydroxylation sites is 1. The van der Waals surface area contributed by atoms with Crippen LogP contribution in [0.2, 0.25) is 0 Å². The highest BCUT2D eigenvalue weighted by molar-refractivity contribution is 5.98. The van der Waals surface area contributed by atoms with Crippen LogP contribution in [0.5, 0.6) is 0 Å². The number of rotatable bonds is 7. The lowest BCUT2D eigenvalue weighted by atomic mass is 9.83. The molecule has 3 fully saturated rings. The molecule has 36 heavy (non-hydrogen) atoms. The molecule has 9 heteroatoms. The molecule has 3 atom stereocenters. The van der Waals surface area contributed by atoms with Crippen molar-refractivity contribution in [1.82, 2.24) is 25.0 Å². The highest BCUT2D eigenvalue weighted by Crippen LogP contribution is 2.32. The molecule has 0 aliphatic carbocycles. The van der Waals surface area contributed by atoms with Crippen LogP contribution in [-0.2, 0) is 14.4 Å². The molecule has 1 aromatic rings. The molecule has 3 amide bonds. The van der Waals surface area contributed by atoms with Gasteiger partial charge in [-0.2, -0.15) is 0 Å². The Labute approximate surface area is 215 Å². The predicted molar refractivity (Wildman–Crippen MR) is 140 cm³/mol. The maximum absolute atomic E-state index is 13.8. The number of benzene rings is 1. The van der Waals surface area contributed by atoms with Crippen molar-refractivity contribution in [2.24, 2.45) is 11.8 Å². The number of carbonyl (C=O) groups is 3. The van der Waals surface area contributed by atoms with Gasteiger partial charge in [-0.15, -0.1) is 0 Å². The van der Waals surface area contributed by atoms with Crippen LogP contribution in [-0.4, -0.2) is 108 Å². The molecule has 0 spiro atoms. The fourth-order valence-corrected chi connectivity index (χ4v) is 6.00. The van der Waals surface area contributed by atoms with Crippen LogP contribution in [0.3, 0.4) is 0 Å². The van der Waals surface area contributed by atoms with Crippen molar-refractivity contribution in [1.29, 1.82) is 0 Å². The molecular formula is C27H42N6O3. The summed E-state index contributed by atoms with van der Waals surface area (Å²) in [6, 6.07) is 9.71. The van der Waals surface area contributed by atoms with Crippen LogP contribution in [0.4, 0.5) is 5.69 Å². The van der Waals surface area contributed by atoms with Gasteiger partial charge in [0.15, 0.2) is 0 Å². The largest absolute Gasteiger partial charge is 0.340 e. The van der Waals surface area contributed by atoms with Gasteiger partial charge in [-0.3, -0.25) is 19.3 Å². The van der Waals surface area contributed by atoms with E-state index in [2.05, 4.69) is 22.1 Å². The topological polar surface area (TPSA) is 79.4 Å². The SMILES string of the molecule is CCN1CC(C(=O)N2CCN(CC(=O)N(C(C)C)C(C)C)CC2)C2NN(c3ccccc3)C(=O)C2C1. The zero-order valence-electron chi connectivity index (χ0n) is 22.4. The second-order valence-electron chi connectivity index (χ2n) is 10.8. The summed E-state index contributed by atoms with van der Waals surface area (Å²) in [5.74, 6) is -0.249. The second kappa shape index (κ2) is 11.3. The molecule has 0 bridgehead atoms. The van der Waals surface area contributed by atoms with Gasteiger partial charge in [0.2, 0.25) is 17.7 Å². The average molecular weight is 499 g/mol. The highest BCUT2D eigenvalue weighted by Gasteiger charge is 2.51. The van der Waals surface area contributed by atoms with E-state index in [0.717, 1.165) is 12.2 Å². The Bertz CT molecular complexity index is 923. The lowest BCUT2D eigenvalue weighted by Crippen LogP contribution is -2.60. The molecule has 3 heterocycles. The molecule has 9 nitrogen and oxygen atoms in total. The monoisotopic (exact) mass is 498 g/mol. The van der Waals surface area contributed by atoms with Crippen LogP contribution < -0.4 is 10.4 Å². The van der Waals surface area contributed by atoms with Gasteiger partial charge < -0.3 is 14.7 Å². The van der Waals surface area contributed by atoms with E-state index < -0.39 is 0 Å². The maximum atomic E-state index is 13.8. The first-order valence-electron chi connectivity index (χ1n) is 13.4. The molecule has 4 rings (SSSR count). The number of hydrogen-bond acceptors (Lipinski definition) is 6. The van der Waals surface area contributed by atoms with Crippen LogP contribution in [0.25, 0.3) is 0 Å². The van der Waals surface area contributed by atoms with Crippen LogP contribution in [0.15, 0.2) is 30.3 Å². The average Bonchev–Trinajstić information content (AvgIpc) is 3.19. The van der Waals surface area contributed by atoms with E-state index in [-0.39, 0.29) is 47.7 Å². The van der Waals surface area contributed by atoms with Crippen LogP contribution >= 0.6 is 0 Å².